The number of carbonyl (C=O) groups excluding carboxylic acids is 2. The minimum absolute atomic E-state index is 0.0575. The van der Waals surface area contributed by atoms with Crippen LogP contribution < -0.4 is 9.47 Å². The summed E-state index contributed by atoms with van der Waals surface area (Å²) in [5.74, 6) is 10.8. The monoisotopic (exact) mass is 1160 g/mol. The van der Waals surface area contributed by atoms with E-state index in [-0.39, 0.29) is 58.3 Å². The number of hydrogen-bond acceptors (Lipinski definition) is 22. The molecule has 2 saturated heterocycles. The molecule has 24 heteroatoms. The van der Waals surface area contributed by atoms with Crippen LogP contribution in [-0.4, -0.2) is 197 Å². The molecule has 0 saturated carbocycles. The number of aliphatic hydroxyl groups excluding tert-OH is 7. The molecule has 0 amide bonds. The molecule has 9 N–H and O–H groups in total. The second-order valence-electron chi connectivity index (χ2n) is 20.1. The summed E-state index contributed by atoms with van der Waals surface area (Å²) >= 11 is 0. The van der Waals surface area contributed by atoms with E-state index in [0.717, 1.165) is 11.1 Å². The molecule has 0 spiro atoms. The Kier molecular flexibility index (Phi) is 23.6. The number of carboxylic acids is 2. The molecule has 4 heterocycles. The van der Waals surface area contributed by atoms with E-state index in [1.165, 1.54) is 9.80 Å². The van der Waals surface area contributed by atoms with Gasteiger partial charge in [0.05, 0.1) is 48.6 Å². The SMILES string of the molecule is CCC1OC(Oc2ccc(C#Cc3cc(CN(COC=O)CC(=O)O)nc(CN(CCc4ccc(C)cc4)Cc4cc(C#Cc5ccc(OC6OC(CO)C(O)C(O)C6O)cc5)cc(CN(COC=O)CC(=O)O)n4)c3)cc2)C(O)C(O)C1O. The first-order valence-electron chi connectivity index (χ1n) is 26.7. The molecule has 446 valence electrons. The van der Waals surface area contributed by atoms with Crippen LogP contribution in [0.4, 0.5) is 0 Å². The van der Waals surface area contributed by atoms with Gasteiger partial charge in [0.15, 0.2) is 0 Å². The van der Waals surface area contributed by atoms with Crippen LogP contribution in [0, 0.1) is 30.6 Å². The summed E-state index contributed by atoms with van der Waals surface area (Å²) in [6, 6.07) is 28.0. The van der Waals surface area contributed by atoms with E-state index in [9.17, 15) is 65.1 Å². The lowest BCUT2D eigenvalue weighted by atomic mass is 9.97. The molecule has 84 heavy (non-hydrogen) atoms. The Morgan fingerprint density at radius 1 is 0.548 bits per heavy atom. The van der Waals surface area contributed by atoms with Crippen molar-refractivity contribution < 1.29 is 93.6 Å². The lowest BCUT2D eigenvalue weighted by Crippen LogP contribution is -2.60. The number of ether oxygens (including phenoxy) is 6. The van der Waals surface area contributed by atoms with E-state index in [1.807, 2.05) is 31.2 Å². The Labute approximate surface area is 484 Å². The first-order chi connectivity index (χ1) is 40.4. The molecule has 2 aliphatic rings. The van der Waals surface area contributed by atoms with Crippen molar-refractivity contribution in [3.8, 4) is 35.2 Å². The molecule has 2 aromatic heterocycles. The smallest absolute Gasteiger partial charge is 0.317 e. The standard InChI is InChI=1S/C60H67N5O19/c1-3-49-53(73)55(75)57(77)59(83-49)81-47-16-12-38(13-17-47)8-10-41-22-43(61-45(24-41)28-64(30-51(69)70)33-79-35-67)26-63(21-20-40-6-4-37(2)5-7-40)27-44-23-42(25-46(62-44)29-65(31-52(71)72)34-80-36-68)11-9-39-14-18-48(19-15-39)82-60-58(78)56(76)54(74)50(32-66)84-60/h4-7,12-19,22-25,35-36,49-50,53-60,66,73-78H,3,20-21,26-34H2,1-2H3,(H,69,70)(H,71,72). The number of aliphatic hydroxyl groups is 7. The van der Waals surface area contributed by atoms with Gasteiger partial charge < -0.3 is 74.4 Å². The highest BCUT2D eigenvalue weighted by molar-refractivity contribution is 5.69. The van der Waals surface area contributed by atoms with Gasteiger partial charge >= 0.3 is 11.9 Å². The van der Waals surface area contributed by atoms with Crippen LogP contribution in [0.3, 0.4) is 0 Å². The number of benzene rings is 3. The quantitative estimate of drug-likeness (QED) is 0.0198. The van der Waals surface area contributed by atoms with Crippen LogP contribution in [0.1, 0.15) is 69.5 Å². The second-order valence-corrected chi connectivity index (χ2v) is 20.1. The molecule has 5 aromatic rings. The van der Waals surface area contributed by atoms with E-state index in [1.54, 1.807) is 79.7 Å². The van der Waals surface area contributed by atoms with Gasteiger partial charge in [-0.05, 0) is 98.1 Å². The van der Waals surface area contributed by atoms with Crippen molar-refractivity contribution in [3.63, 3.8) is 0 Å². The predicted molar refractivity (Wildman–Crippen MR) is 294 cm³/mol. The van der Waals surface area contributed by atoms with Gasteiger partial charge in [-0.3, -0.25) is 43.8 Å². The third kappa shape index (κ3) is 18.8. The van der Waals surface area contributed by atoms with E-state index in [0.29, 0.717) is 70.2 Å². The van der Waals surface area contributed by atoms with Crippen molar-refractivity contribution in [3.05, 3.63) is 153 Å². The topological polar surface area (TPSA) is 341 Å². The molecule has 0 radical (unpaired) electrons. The molecule has 0 bridgehead atoms. The minimum atomic E-state index is -1.63. The molecule has 24 nitrogen and oxygen atoms in total. The Hall–Kier alpha value is -7.92. The Morgan fingerprint density at radius 2 is 0.940 bits per heavy atom. The average Bonchev–Trinajstić information content (AvgIpc) is 3.22. The molecular weight excluding hydrogens is 1090 g/mol. The zero-order chi connectivity index (χ0) is 60.3. The molecule has 10 atom stereocenters. The number of aliphatic carboxylic acids is 2. The van der Waals surface area contributed by atoms with Gasteiger partial charge in [-0.25, -0.2) is 0 Å². The summed E-state index contributed by atoms with van der Waals surface area (Å²) in [6.45, 7) is 2.59. The maximum atomic E-state index is 11.9. The summed E-state index contributed by atoms with van der Waals surface area (Å²) in [5, 5.41) is 91.2. The van der Waals surface area contributed by atoms with Crippen molar-refractivity contribution in [2.75, 3.05) is 39.7 Å². The van der Waals surface area contributed by atoms with Crippen molar-refractivity contribution in [1.29, 1.82) is 0 Å². The number of aryl methyl sites for hydroxylation is 1. The van der Waals surface area contributed by atoms with Crippen LogP contribution in [0.25, 0.3) is 0 Å². The highest BCUT2D eigenvalue weighted by atomic mass is 16.7. The van der Waals surface area contributed by atoms with Crippen molar-refractivity contribution >= 4 is 24.9 Å². The van der Waals surface area contributed by atoms with Gasteiger partial charge in [0.25, 0.3) is 12.9 Å². The largest absolute Gasteiger partial charge is 0.480 e. The van der Waals surface area contributed by atoms with E-state index < -0.39 is 93.0 Å². The number of pyridine rings is 2. The maximum Gasteiger partial charge on any atom is 0.317 e. The van der Waals surface area contributed by atoms with Crippen LogP contribution in [0.5, 0.6) is 11.5 Å². The number of carboxylic acid groups (broad SMARTS) is 2. The summed E-state index contributed by atoms with van der Waals surface area (Å²) in [7, 11) is 0. The first-order valence-corrected chi connectivity index (χ1v) is 26.7. The van der Waals surface area contributed by atoms with Crippen LogP contribution >= 0.6 is 0 Å². The van der Waals surface area contributed by atoms with Crippen LogP contribution in [0.15, 0.2) is 97.1 Å². The van der Waals surface area contributed by atoms with Crippen molar-refractivity contribution in [2.45, 2.75) is 114 Å². The highest BCUT2D eigenvalue weighted by Gasteiger charge is 2.45. The van der Waals surface area contributed by atoms with Gasteiger partial charge in [-0.2, -0.15) is 0 Å². The number of carbonyl (C=O) groups is 4. The Balaban J connectivity index is 1.21. The fourth-order valence-corrected chi connectivity index (χ4v) is 9.20. The molecule has 3 aromatic carbocycles. The van der Waals surface area contributed by atoms with Crippen LogP contribution in [-0.2, 0) is 70.7 Å². The summed E-state index contributed by atoms with van der Waals surface area (Å²) < 4.78 is 32.7. The highest BCUT2D eigenvalue weighted by Crippen LogP contribution is 2.28. The zero-order valence-corrected chi connectivity index (χ0v) is 46.0. The molecular formula is C60H67N5O19. The normalized spacial score (nSPS) is 22.0. The number of aromatic nitrogens is 2. The lowest BCUT2D eigenvalue weighted by Gasteiger charge is -2.40. The van der Waals surface area contributed by atoms with E-state index in [4.69, 9.17) is 38.4 Å². The Bertz CT molecular complexity index is 2930. The number of nitrogens with zero attached hydrogens (tertiary/aromatic N) is 5. The fourth-order valence-electron chi connectivity index (χ4n) is 9.20. The van der Waals surface area contributed by atoms with Gasteiger partial charge in [-0.15, -0.1) is 0 Å². The second kappa shape index (κ2) is 31.1. The maximum absolute atomic E-state index is 11.9. The van der Waals surface area contributed by atoms with Crippen LogP contribution in [0.2, 0.25) is 0 Å². The summed E-state index contributed by atoms with van der Waals surface area (Å²) in [5.41, 5.74) is 6.02. The molecule has 7 rings (SSSR count). The van der Waals surface area contributed by atoms with E-state index in [2.05, 4.69) is 28.6 Å². The molecule has 2 fully saturated rings. The minimum Gasteiger partial charge on any atom is -0.480 e. The van der Waals surface area contributed by atoms with Gasteiger partial charge in [0.2, 0.25) is 12.6 Å². The lowest BCUT2D eigenvalue weighted by molar-refractivity contribution is -0.277. The number of rotatable bonds is 27. The average molecular weight is 1160 g/mol. The van der Waals surface area contributed by atoms with Gasteiger partial charge in [0.1, 0.15) is 67.7 Å². The van der Waals surface area contributed by atoms with Crippen molar-refractivity contribution in [2.24, 2.45) is 0 Å². The number of hydrogen-bond donors (Lipinski definition) is 9. The fraction of sp³-hybridized carbons (Fsp3) is 0.400. The zero-order valence-electron chi connectivity index (χ0n) is 46.0. The summed E-state index contributed by atoms with van der Waals surface area (Å²) in [6.07, 6.45) is -12.7. The summed E-state index contributed by atoms with van der Waals surface area (Å²) in [4.78, 5) is 61.1. The van der Waals surface area contributed by atoms with Crippen molar-refractivity contribution in [1.82, 2.24) is 24.7 Å². The van der Waals surface area contributed by atoms with Gasteiger partial charge in [-0.1, -0.05) is 60.4 Å². The predicted octanol–water partition coefficient (Wildman–Crippen LogP) is 0.639. The first kappa shape index (κ1) is 63.7. The Morgan fingerprint density at radius 3 is 1.33 bits per heavy atom. The van der Waals surface area contributed by atoms with E-state index >= 15 is 0 Å². The van der Waals surface area contributed by atoms with Gasteiger partial charge in [0, 0.05) is 55.0 Å². The molecule has 0 aliphatic carbocycles. The third-order valence-corrected chi connectivity index (χ3v) is 13.4. The molecule has 2 aliphatic heterocycles. The molecule has 10 unspecified atom stereocenters. The third-order valence-electron chi connectivity index (χ3n) is 13.4.